The average Bonchev–Trinajstić information content (AvgIpc) is 3.25. The minimum Gasteiger partial charge on any atom is -0.545 e. The number of carbonyl (C=O) groups excluding carboxylic acids is 9. The van der Waals surface area contributed by atoms with Crippen molar-refractivity contribution in [3.63, 3.8) is 0 Å². The summed E-state index contributed by atoms with van der Waals surface area (Å²) in [6.45, 7) is 7.35. The molecule has 21 nitrogen and oxygen atoms in total. The van der Waals surface area contributed by atoms with Crippen LogP contribution < -0.4 is 15.7 Å². The molecule has 3 aliphatic carbocycles. The number of carboxylic acids is 1. The number of hydrogen-bond donors (Lipinski definition) is 4. The quantitative estimate of drug-likeness (QED) is 0.0437. The van der Waals surface area contributed by atoms with Gasteiger partial charge in [-0.2, -0.15) is 0 Å². The molecule has 0 aromatic heterocycles. The topological polar surface area (TPSA) is 306 Å². The van der Waals surface area contributed by atoms with Gasteiger partial charge in [-0.3, -0.25) is 24.0 Å². The van der Waals surface area contributed by atoms with Crippen LogP contribution in [0.5, 0.6) is 0 Å². The lowest BCUT2D eigenvalue weighted by Gasteiger charge is -2.67. The molecule has 0 radical (unpaired) electrons. The highest BCUT2D eigenvalue weighted by Crippen LogP contribution is 2.64. The van der Waals surface area contributed by atoms with Crippen molar-refractivity contribution in [3.05, 3.63) is 149 Å². The number of anilines is 1. The number of esters is 4. The summed E-state index contributed by atoms with van der Waals surface area (Å²) in [5.41, 5.74) is -7.65. The van der Waals surface area contributed by atoms with E-state index in [4.69, 9.17) is 33.2 Å². The van der Waals surface area contributed by atoms with E-state index in [2.05, 4.69) is 10.6 Å². The van der Waals surface area contributed by atoms with Crippen molar-refractivity contribution in [2.24, 2.45) is 16.7 Å². The van der Waals surface area contributed by atoms with Gasteiger partial charge in [-0.25, -0.2) is 14.4 Å². The summed E-state index contributed by atoms with van der Waals surface area (Å²) in [5.74, 6) is -9.18. The van der Waals surface area contributed by atoms with Crippen molar-refractivity contribution in [1.82, 2.24) is 5.32 Å². The van der Waals surface area contributed by atoms with Gasteiger partial charge in [-0.1, -0.05) is 92.7 Å². The number of fused-ring (bicyclic) bond motifs is 5. The first kappa shape index (κ1) is 58.9. The zero-order chi connectivity index (χ0) is 58.6. The van der Waals surface area contributed by atoms with E-state index < -0.39 is 131 Å². The highest BCUT2D eigenvalue weighted by Gasteiger charge is 2.78. The van der Waals surface area contributed by atoms with E-state index in [1.165, 1.54) is 76.2 Å². The van der Waals surface area contributed by atoms with Crippen LogP contribution in [0.1, 0.15) is 116 Å². The predicted octanol–water partition coefficient (Wildman–Crippen LogP) is 5.07. The lowest BCUT2D eigenvalue weighted by Crippen LogP contribution is -2.82. The van der Waals surface area contributed by atoms with Gasteiger partial charge in [0.1, 0.15) is 30.0 Å². The van der Waals surface area contributed by atoms with Gasteiger partial charge < -0.3 is 63.9 Å². The van der Waals surface area contributed by atoms with Crippen LogP contribution in [0.3, 0.4) is 0 Å². The van der Waals surface area contributed by atoms with Crippen LogP contribution in [0.2, 0.25) is 0 Å². The number of rotatable bonds is 18. The number of benzene rings is 4. The number of hydrogen-bond acceptors (Lipinski definition) is 19. The molecule has 1 heterocycles. The number of ether oxygens (including phenoxy) is 7. The molecular weight excluding hydrogens is 1050 g/mol. The first-order chi connectivity index (χ1) is 38.4. The summed E-state index contributed by atoms with van der Waals surface area (Å²) in [6, 6.07) is 27.4. The molecule has 21 heteroatoms. The molecule has 81 heavy (non-hydrogen) atoms. The summed E-state index contributed by atoms with van der Waals surface area (Å²) in [5, 5.41) is 42.8. The van der Waals surface area contributed by atoms with Gasteiger partial charge in [0.15, 0.2) is 17.5 Å². The number of amides is 2. The SMILES string of the molecule is CC(=O)O[C@H]1C(=O)C2(C)[C@@H](O)C[C@H]3OC[C@@]3(OC(C)=O)[C@H]2[C@H](OC(=O)c2ccccc2)[C@]2(O)C[C@H](OC(=O)[C@H](OC(=O)OCCCCC(=O)Nc3ccc(C(=O)[O-])cc3)[C@@H](NC(=O)c3ccccc3)c3ccccc3)C(C)=C1C2(C)C. The standard InChI is InChI=1S/C60H64N2O19/c1-33-41(31-60(74)51(80-54(71)39-22-14-9-15-23-39)49-58(6,42(65)30-43-59(49,32-76-43)81-35(3)64)50(67)47(77-34(2)63)45(33)57(60,4)5)78-55(72)48(46(36-18-10-7-11-19-36)62-52(68)37-20-12-8-13-21-37)79-56(73)75-29-17-16-24-44(66)61-40-27-25-38(26-28-40)53(69)70/h7-15,18-23,25-28,41-43,46-49,51,65,74H,16-17,24,29-32H2,1-6H3,(H,61,66)(H,62,68)(H,69,70)/p-1/t41-,42-,43+,46-,47+,48+,49-,51-,58?,59-,60+/m0/s1. The van der Waals surface area contributed by atoms with Crippen molar-refractivity contribution in [3.8, 4) is 0 Å². The lowest BCUT2D eigenvalue weighted by molar-refractivity contribution is -0.346. The van der Waals surface area contributed by atoms with Gasteiger partial charge >= 0.3 is 30.0 Å². The predicted molar refractivity (Wildman–Crippen MR) is 281 cm³/mol. The normalized spacial score (nSPS) is 26.8. The highest BCUT2D eigenvalue weighted by molar-refractivity contribution is 5.97. The van der Waals surface area contributed by atoms with Crippen molar-refractivity contribution in [2.75, 3.05) is 18.5 Å². The van der Waals surface area contributed by atoms with Crippen molar-refractivity contribution in [2.45, 2.75) is 128 Å². The monoisotopic (exact) mass is 1120 g/mol. The number of nitrogens with one attached hydrogen (secondary N) is 2. The number of unbranched alkanes of at least 4 members (excludes halogenated alkanes) is 1. The van der Waals surface area contributed by atoms with E-state index in [0.717, 1.165) is 13.8 Å². The molecule has 2 saturated carbocycles. The first-order valence-corrected chi connectivity index (χ1v) is 26.4. The van der Waals surface area contributed by atoms with E-state index in [0.29, 0.717) is 5.69 Å². The lowest BCUT2D eigenvalue weighted by atomic mass is 9.44. The number of aromatic carboxylic acids is 1. The summed E-state index contributed by atoms with van der Waals surface area (Å²) < 4.78 is 42.1. The van der Waals surface area contributed by atoms with Crippen LogP contribution in [0.15, 0.2) is 126 Å². The van der Waals surface area contributed by atoms with Crippen LogP contribution in [0, 0.1) is 16.7 Å². The van der Waals surface area contributed by atoms with Gasteiger partial charge in [0.25, 0.3) is 5.91 Å². The third-order valence-electron chi connectivity index (χ3n) is 16.1. The zero-order valence-electron chi connectivity index (χ0n) is 45.4. The third kappa shape index (κ3) is 11.7. The zero-order valence-corrected chi connectivity index (χ0v) is 45.4. The van der Waals surface area contributed by atoms with Crippen LogP contribution in [-0.2, 0) is 57.1 Å². The second-order valence-electron chi connectivity index (χ2n) is 21.4. The fourth-order valence-electron chi connectivity index (χ4n) is 11.9. The Morgan fingerprint density at radius 1 is 0.778 bits per heavy atom. The summed E-state index contributed by atoms with van der Waals surface area (Å²) in [4.78, 5) is 124. The van der Waals surface area contributed by atoms with E-state index in [-0.39, 0.29) is 72.3 Å². The molecule has 11 atom stereocenters. The number of aliphatic hydroxyl groups is 2. The number of ketones is 1. The van der Waals surface area contributed by atoms with Crippen LogP contribution >= 0.6 is 0 Å². The number of Topliss-reactive ketones (excluding diaryl/α,β-unsaturated/α-hetero) is 1. The molecule has 2 bridgehead atoms. The second-order valence-corrected chi connectivity index (χ2v) is 21.4. The van der Waals surface area contributed by atoms with Crippen molar-refractivity contribution < 1.29 is 91.6 Å². The smallest absolute Gasteiger partial charge is 0.509 e. The molecule has 1 aliphatic heterocycles. The van der Waals surface area contributed by atoms with Crippen molar-refractivity contribution in [1.29, 1.82) is 0 Å². The molecule has 0 spiro atoms. The molecule has 1 saturated heterocycles. The van der Waals surface area contributed by atoms with E-state index >= 15 is 9.59 Å². The summed E-state index contributed by atoms with van der Waals surface area (Å²) in [7, 11) is 0. The van der Waals surface area contributed by atoms with Gasteiger partial charge in [0.05, 0.1) is 42.2 Å². The highest BCUT2D eigenvalue weighted by atomic mass is 16.7. The Balaban J connectivity index is 1.18. The van der Waals surface area contributed by atoms with Crippen LogP contribution in [0.4, 0.5) is 10.5 Å². The molecule has 428 valence electrons. The Bertz CT molecular complexity index is 3090. The second kappa shape index (κ2) is 23.8. The molecule has 4 aromatic carbocycles. The maximum absolute atomic E-state index is 15.8. The van der Waals surface area contributed by atoms with E-state index in [1.54, 1.807) is 66.7 Å². The van der Waals surface area contributed by atoms with Gasteiger partial charge in [-0.05, 0) is 85.4 Å². The third-order valence-corrected chi connectivity index (χ3v) is 16.1. The summed E-state index contributed by atoms with van der Waals surface area (Å²) >= 11 is 0. The van der Waals surface area contributed by atoms with Gasteiger partial charge in [0.2, 0.25) is 12.0 Å². The Labute approximate surface area is 466 Å². The molecule has 4 aromatic rings. The first-order valence-electron chi connectivity index (χ1n) is 26.4. The number of carboxylic acid groups (broad SMARTS) is 1. The molecule has 4 N–H and O–H groups in total. The Hall–Kier alpha value is -8.27. The molecule has 4 aliphatic rings. The molecule has 8 rings (SSSR count). The molecule has 3 fully saturated rings. The fraction of sp³-hybridized carbons (Fsp3) is 0.417. The summed E-state index contributed by atoms with van der Waals surface area (Å²) in [6.07, 6.45) is -12.4. The Morgan fingerprint density at radius 2 is 1.40 bits per heavy atom. The number of aliphatic hydroxyl groups excluding tert-OH is 1. The average molecular weight is 1120 g/mol. The van der Waals surface area contributed by atoms with E-state index in [9.17, 15) is 48.9 Å². The van der Waals surface area contributed by atoms with Crippen LogP contribution in [-0.4, -0.2) is 125 Å². The van der Waals surface area contributed by atoms with E-state index in [1.807, 2.05) is 0 Å². The number of carbonyl (C=O) groups is 9. The Morgan fingerprint density at radius 3 is 1.98 bits per heavy atom. The minimum atomic E-state index is -2.53. The maximum atomic E-state index is 15.8. The fourth-order valence-corrected chi connectivity index (χ4v) is 11.9. The molecular formula is C60H63N2O19-. The maximum Gasteiger partial charge on any atom is 0.509 e. The Kier molecular flexibility index (Phi) is 17.3. The van der Waals surface area contributed by atoms with Gasteiger partial charge in [0, 0.05) is 49.8 Å². The molecule has 2 amide bonds. The molecule has 1 unspecified atom stereocenters. The largest absolute Gasteiger partial charge is 0.545 e. The van der Waals surface area contributed by atoms with Gasteiger partial charge in [-0.15, -0.1) is 0 Å². The van der Waals surface area contributed by atoms with Crippen molar-refractivity contribution >= 4 is 59.3 Å². The van der Waals surface area contributed by atoms with Crippen LogP contribution in [0.25, 0.3) is 0 Å². The minimum absolute atomic E-state index is 0.0130.